The second-order valence-corrected chi connectivity index (χ2v) is 8.90. The number of hydrogen-bond donors (Lipinski definition) is 0. The van der Waals surface area contributed by atoms with Crippen LogP contribution in [0.5, 0.6) is 0 Å². The minimum absolute atomic E-state index is 0.118. The van der Waals surface area contributed by atoms with E-state index in [2.05, 4.69) is 0 Å². The minimum Gasteiger partial charge on any atom is -0.336 e. The average Bonchev–Trinajstić information content (AvgIpc) is 2.78. The molecule has 2 aliphatic rings. The molecule has 2 aliphatic heterocycles. The van der Waals surface area contributed by atoms with Crippen molar-refractivity contribution in [2.24, 2.45) is 0 Å². The Kier molecular flexibility index (Phi) is 3.76. The van der Waals surface area contributed by atoms with Gasteiger partial charge in [0.05, 0.1) is 10.6 Å². The molecule has 4 rings (SSSR count). The molecule has 0 spiro atoms. The van der Waals surface area contributed by atoms with Crippen molar-refractivity contribution in [3.8, 4) is 0 Å². The Morgan fingerprint density at radius 2 is 1.72 bits per heavy atom. The van der Waals surface area contributed by atoms with Gasteiger partial charge in [0.2, 0.25) is 5.91 Å². The van der Waals surface area contributed by atoms with Gasteiger partial charge in [0.25, 0.3) is 10.0 Å². The predicted molar refractivity (Wildman–Crippen MR) is 98.1 cm³/mol. The number of amides is 1. The number of likely N-dealkylation sites (tertiary alicyclic amines) is 1. The highest BCUT2D eigenvalue weighted by atomic mass is 32.2. The molecule has 5 nitrogen and oxygen atoms in total. The largest absolute Gasteiger partial charge is 0.336 e. The molecule has 1 amide bonds. The number of piperidine rings is 1. The smallest absolute Gasteiger partial charge is 0.265 e. The molecule has 0 radical (unpaired) electrons. The number of hydrogen-bond acceptors (Lipinski definition) is 3. The molecule has 1 saturated heterocycles. The molecule has 0 bridgehead atoms. The standard InChI is InChI=1S/C19H22N2O3S/c1-13-6-3-7-14(2)21(13)18(22)12-20-16-10-4-8-15-9-5-11-17(19(15)16)25(20,23)24/h4-5,8-11,13-14H,3,6-7,12H2,1-2H3/t13-,14-/m1/s1. The van der Waals surface area contributed by atoms with E-state index in [1.165, 1.54) is 4.31 Å². The van der Waals surface area contributed by atoms with E-state index in [4.69, 9.17) is 0 Å². The van der Waals surface area contributed by atoms with E-state index in [0.29, 0.717) is 10.6 Å². The topological polar surface area (TPSA) is 57.7 Å². The SMILES string of the molecule is C[C@@H]1CCC[C@@H](C)N1C(=O)CN1c2cccc3cccc(c23)S1(=O)=O. The van der Waals surface area contributed by atoms with Crippen molar-refractivity contribution in [3.63, 3.8) is 0 Å². The number of nitrogens with zero attached hydrogens (tertiary/aromatic N) is 2. The Hall–Kier alpha value is -2.08. The first-order chi connectivity index (χ1) is 11.9. The van der Waals surface area contributed by atoms with Gasteiger partial charge in [-0.3, -0.25) is 9.10 Å². The fourth-order valence-corrected chi connectivity index (χ4v) is 5.91. The van der Waals surface area contributed by atoms with Gasteiger partial charge in [0, 0.05) is 17.5 Å². The predicted octanol–water partition coefficient (Wildman–Crippen LogP) is 3.14. The van der Waals surface area contributed by atoms with Gasteiger partial charge in [-0.1, -0.05) is 24.3 Å². The maximum absolute atomic E-state index is 13.0. The minimum atomic E-state index is -3.68. The molecule has 132 valence electrons. The van der Waals surface area contributed by atoms with E-state index < -0.39 is 10.0 Å². The molecule has 2 aromatic carbocycles. The molecule has 0 aromatic heterocycles. The second-order valence-electron chi connectivity index (χ2n) is 7.07. The average molecular weight is 358 g/mol. The number of sulfonamides is 1. The third-order valence-corrected chi connectivity index (χ3v) is 7.24. The lowest BCUT2D eigenvalue weighted by Crippen LogP contribution is -2.51. The Balaban J connectivity index is 1.72. The maximum atomic E-state index is 13.0. The number of benzene rings is 2. The molecule has 6 heteroatoms. The van der Waals surface area contributed by atoms with Gasteiger partial charge < -0.3 is 4.90 Å². The van der Waals surface area contributed by atoms with Gasteiger partial charge in [-0.05, 0) is 50.6 Å². The van der Waals surface area contributed by atoms with Crippen LogP contribution in [-0.2, 0) is 14.8 Å². The summed E-state index contributed by atoms with van der Waals surface area (Å²) in [6.45, 7) is 3.95. The van der Waals surface area contributed by atoms with E-state index >= 15 is 0 Å². The van der Waals surface area contributed by atoms with Gasteiger partial charge in [0.15, 0.2) is 0 Å². The lowest BCUT2D eigenvalue weighted by molar-refractivity contribution is -0.135. The Bertz CT molecular complexity index is 939. The van der Waals surface area contributed by atoms with Crippen molar-refractivity contribution in [2.45, 2.75) is 50.1 Å². The van der Waals surface area contributed by atoms with Crippen LogP contribution in [0.25, 0.3) is 10.8 Å². The molecular weight excluding hydrogens is 336 g/mol. The highest BCUT2D eigenvalue weighted by Gasteiger charge is 2.39. The van der Waals surface area contributed by atoms with Crippen LogP contribution in [-0.4, -0.2) is 37.9 Å². The molecular formula is C19H22N2O3S. The summed E-state index contributed by atoms with van der Waals surface area (Å²) in [5, 5.41) is 1.60. The van der Waals surface area contributed by atoms with Crippen LogP contribution < -0.4 is 4.31 Å². The van der Waals surface area contributed by atoms with Crippen LogP contribution in [0.1, 0.15) is 33.1 Å². The summed E-state index contributed by atoms with van der Waals surface area (Å²) in [5.74, 6) is -0.118. The third-order valence-electron chi connectivity index (χ3n) is 5.44. The molecule has 0 N–H and O–H groups in total. The van der Waals surface area contributed by atoms with Crippen LogP contribution in [0.3, 0.4) is 0 Å². The highest BCUT2D eigenvalue weighted by molar-refractivity contribution is 7.93. The molecule has 1 fully saturated rings. The Morgan fingerprint density at radius 1 is 1.08 bits per heavy atom. The van der Waals surface area contributed by atoms with Crippen LogP contribution in [0.15, 0.2) is 41.3 Å². The zero-order valence-corrected chi connectivity index (χ0v) is 15.3. The quantitative estimate of drug-likeness (QED) is 0.829. The normalized spacial score (nSPS) is 24.7. The molecule has 0 unspecified atom stereocenters. The summed E-state index contributed by atoms with van der Waals surface area (Å²) in [5.41, 5.74) is 0.610. The second kappa shape index (κ2) is 5.73. The van der Waals surface area contributed by atoms with E-state index in [0.717, 1.165) is 30.0 Å². The number of carbonyl (C=O) groups excluding carboxylic acids is 1. The zero-order chi connectivity index (χ0) is 17.8. The summed E-state index contributed by atoms with van der Waals surface area (Å²) in [6, 6.07) is 11.1. The Labute approximate surface area is 148 Å². The van der Waals surface area contributed by atoms with Gasteiger partial charge >= 0.3 is 0 Å². The van der Waals surface area contributed by atoms with Gasteiger partial charge in [-0.15, -0.1) is 0 Å². The zero-order valence-electron chi connectivity index (χ0n) is 14.5. The number of anilines is 1. The first-order valence-electron chi connectivity index (χ1n) is 8.77. The monoisotopic (exact) mass is 358 g/mol. The van der Waals surface area contributed by atoms with Gasteiger partial charge in [0.1, 0.15) is 6.54 Å². The van der Waals surface area contributed by atoms with E-state index in [-0.39, 0.29) is 24.5 Å². The van der Waals surface area contributed by atoms with Crippen molar-refractivity contribution >= 4 is 32.4 Å². The number of rotatable bonds is 2. The third kappa shape index (κ3) is 2.42. The van der Waals surface area contributed by atoms with Crippen LogP contribution in [0, 0.1) is 0 Å². The van der Waals surface area contributed by atoms with Crippen LogP contribution >= 0.6 is 0 Å². The fourth-order valence-electron chi connectivity index (χ4n) is 4.25. The summed E-state index contributed by atoms with van der Waals surface area (Å²) in [7, 11) is -3.68. The van der Waals surface area contributed by atoms with Crippen molar-refractivity contribution in [3.05, 3.63) is 36.4 Å². The summed E-state index contributed by atoms with van der Waals surface area (Å²) >= 11 is 0. The molecule has 25 heavy (non-hydrogen) atoms. The lowest BCUT2D eigenvalue weighted by atomic mass is 9.97. The molecule has 0 aliphatic carbocycles. The van der Waals surface area contributed by atoms with Crippen molar-refractivity contribution < 1.29 is 13.2 Å². The van der Waals surface area contributed by atoms with Gasteiger partial charge in [-0.25, -0.2) is 8.42 Å². The maximum Gasteiger partial charge on any atom is 0.265 e. The van der Waals surface area contributed by atoms with E-state index in [1.807, 2.05) is 36.9 Å². The highest BCUT2D eigenvalue weighted by Crippen LogP contribution is 2.42. The van der Waals surface area contributed by atoms with Crippen LogP contribution in [0.2, 0.25) is 0 Å². The summed E-state index contributed by atoms with van der Waals surface area (Å²) in [4.78, 5) is 15.1. The van der Waals surface area contributed by atoms with Crippen molar-refractivity contribution in [2.75, 3.05) is 10.8 Å². The molecule has 2 aromatic rings. The van der Waals surface area contributed by atoms with E-state index in [1.54, 1.807) is 18.2 Å². The molecule has 2 atom stereocenters. The fraction of sp³-hybridized carbons (Fsp3) is 0.421. The van der Waals surface area contributed by atoms with Crippen molar-refractivity contribution in [1.82, 2.24) is 4.90 Å². The molecule has 2 heterocycles. The van der Waals surface area contributed by atoms with Crippen molar-refractivity contribution in [1.29, 1.82) is 0 Å². The van der Waals surface area contributed by atoms with E-state index in [9.17, 15) is 13.2 Å². The lowest BCUT2D eigenvalue weighted by Gasteiger charge is -2.39. The molecule has 0 saturated carbocycles. The van der Waals surface area contributed by atoms with Crippen LogP contribution in [0.4, 0.5) is 5.69 Å². The first-order valence-corrected chi connectivity index (χ1v) is 10.2. The number of carbonyl (C=O) groups is 1. The van der Waals surface area contributed by atoms with Gasteiger partial charge in [-0.2, -0.15) is 0 Å². The Morgan fingerprint density at radius 3 is 2.40 bits per heavy atom. The summed E-state index contributed by atoms with van der Waals surface area (Å²) < 4.78 is 27.3. The first kappa shape index (κ1) is 16.4. The summed E-state index contributed by atoms with van der Waals surface area (Å²) in [6.07, 6.45) is 3.05.